The summed E-state index contributed by atoms with van der Waals surface area (Å²) in [7, 11) is 0. The van der Waals surface area contributed by atoms with Gasteiger partial charge < -0.3 is 14.6 Å². The van der Waals surface area contributed by atoms with E-state index in [4.69, 9.17) is 4.74 Å². The van der Waals surface area contributed by atoms with Crippen molar-refractivity contribution >= 4 is 5.97 Å². The zero-order chi connectivity index (χ0) is 21.7. The topological polar surface area (TPSA) is 49.4 Å². The van der Waals surface area contributed by atoms with E-state index in [0.29, 0.717) is 12.4 Å². The van der Waals surface area contributed by atoms with Crippen LogP contribution in [0.1, 0.15) is 133 Å². The minimum atomic E-state index is -1.18. The quantitative estimate of drug-likeness (QED) is 0.209. The molecule has 0 unspecified atom stereocenters. The Labute approximate surface area is 214 Å². The summed E-state index contributed by atoms with van der Waals surface area (Å²) in [4.78, 5) is 11.0. The molecular formula is C27H45NaO3. The number of ether oxygens (including phenoxy) is 1. The van der Waals surface area contributed by atoms with E-state index in [1.165, 1.54) is 109 Å². The molecule has 1 aromatic rings. The number of aromatic carboxylic acids is 1. The molecule has 1 aromatic carbocycles. The maximum Gasteiger partial charge on any atom is 1.00 e. The Morgan fingerprint density at radius 2 is 1.06 bits per heavy atom. The molecule has 0 saturated heterocycles. The predicted octanol–water partition coefficient (Wildman–Crippen LogP) is 4.47. The molecular weight excluding hydrogens is 395 g/mol. The number of benzene rings is 1. The van der Waals surface area contributed by atoms with Gasteiger partial charge in [-0.3, -0.25) is 0 Å². The van der Waals surface area contributed by atoms with Crippen LogP contribution in [0, 0.1) is 0 Å². The summed E-state index contributed by atoms with van der Waals surface area (Å²) in [6.07, 6.45) is 24.4. The average molecular weight is 441 g/mol. The van der Waals surface area contributed by atoms with E-state index in [9.17, 15) is 9.90 Å². The molecule has 0 aliphatic rings. The van der Waals surface area contributed by atoms with Crippen molar-refractivity contribution in [3.63, 3.8) is 0 Å². The molecule has 0 fully saturated rings. The zero-order valence-corrected chi connectivity index (χ0v) is 22.5. The Kier molecular flexibility index (Phi) is 22.3. The molecule has 0 radical (unpaired) electrons. The first-order chi connectivity index (χ1) is 14.8. The van der Waals surface area contributed by atoms with Crippen molar-refractivity contribution in [2.75, 3.05) is 6.61 Å². The standard InChI is InChI=1S/C27H46O3.Na/c1-2-3-4-5-6-7-8-9-10-11-12-13-14-15-16-17-18-21-24-30-26-23-20-19-22-25(26)27(28)29;/h19-20,22-23H,2-18,21,24H2,1H3,(H,28,29);/q;+1/p-1. The minimum absolute atomic E-state index is 0. The van der Waals surface area contributed by atoms with Gasteiger partial charge in [-0.1, -0.05) is 128 Å². The molecule has 1 rings (SSSR count). The molecule has 3 nitrogen and oxygen atoms in total. The largest absolute Gasteiger partial charge is 1.00 e. The summed E-state index contributed by atoms with van der Waals surface area (Å²) in [5.41, 5.74) is 0.139. The maximum absolute atomic E-state index is 11.0. The fraction of sp³-hybridized carbons (Fsp3) is 0.741. The van der Waals surface area contributed by atoms with Crippen LogP contribution in [-0.2, 0) is 0 Å². The summed E-state index contributed by atoms with van der Waals surface area (Å²) < 4.78 is 5.61. The van der Waals surface area contributed by atoms with Crippen LogP contribution in [0.4, 0.5) is 0 Å². The van der Waals surface area contributed by atoms with Gasteiger partial charge in [0, 0.05) is 5.56 Å². The number of carbonyl (C=O) groups is 1. The first kappa shape index (κ1) is 30.5. The number of rotatable bonds is 21. The van der Waals surface area contributed by atoms with E-state index in [1.54, 1.807) is 18.2 Å². The van der Waals surface area contributed by atoms with Crippen molar-refractivity contribution < 1.29 is 44.2 Å². The third kappa shape index (κ3) is 17.7. The minimum Gasteiger partial charge on any atom is -0.545 e. The van der Waals surface area contributed by atoms with Crippen LogP contribution in [-0.4, -0.2) is 12.6 Å². The van der Waals surface area contributed by atoms with Crippen molar-refractivity contribution in [2.24, 2.45) is 0 Å². The Morgan fingerprint density at radius 1 is 0.677 bits per heavy atom. The molecule has 0 amide bonds. The van der Waals surface area contributed by atoms with Gasteiger partial charge in [-0.25, -0.2) is 0 Å². The van der Waals surface area contributed by atoms with Crippen LogP contribution in [0.25, 0.3) is 0 Å². The maximum atomic E-state index is 11.0. The summed E-state index contributed by atoms with van der Waals surface area (Å²) in [5, 5.41) is 11.0. The molecule has 0 aromatic heterocycles. The van der Waals surface area contributed by atoms with Gasteiger partial charge in [0.1, 0.15) is 5.75 Å². The Morgan fingerprint density at radius 3 is 1.48 bits per heavy atom. The summed E-state index contributed by atoms with van der Waals surface area (Å²) >= 11 is 0. The fourth-order valence-corrected chi connectivity index (χ4v) is 3.95. The van der Waals surface area contributed by atoms with Gasteiger partial charge >= 0.3 is 29.6 Å². The second-order valence-electron chi connectivity index (χ2n) is 8.64. The molecule has 172 valence electrons. The number of carboxylic acids is 1. The average Bonchev–Trinajstić information content (AvgIpc) is 2.75. The normalized spacial score (nSPS) is 10.6. The van der Waals surface area contributed by atoms with E-state index < -0.39 is 5.97 Å². The Balaban J connectivity index is 0.00000900. The predicted molar refractivity (Wildman–Crippen MR) is 125 cm³/mol. The molecule has 0 spiro atoms. The van der Waals surface area contributed by atoms with E-state index in [0.717, 1.165) is 12.8 Å². The number of unbranched alkanes of at least 4 members (excludes halogenated alkanes) is 17. The fourth-order valence-electron chi connectivity index (χ4n) is 3.95. The van der Waals surface area contributed by atoms with Crippen molar-refractivity contribution in [3.05, 3.63) is 29.8 Å². The van der Waals surface area contributed by atoms with E-state index in [1.807, 2.05) is 0 Å². The monoisotopic (exact) mass is 440 g/mol. The second-order valence-corrected chi connectivity index (χ2v) is 8.64. The molecule has 0 heterocycles. The molecule has 0 bridgehead atoms. The van der Waals surface area contributed by atoms with Gasteiger partial charge in [0.05, 0.1) is 12.6 Å². The molecule has 0 atom stereocenters. The van der Waals surface area contributed by atoms with Crippen LogP contribution in [0.15, 0.2) is 24.3 Å². The van der Waals surface area contributed by atoms with Crippen LogP contribution in [0.3, 0.4) is 0 Å². The molecule has 4 heteroatoms. The van der Waals surface area contributed by atoms with Crippen molar-refractivity contribution in [1.29, 1.82) is 0 Å². The molecule has 0 N–H and O–H groups in total. The summed E-state index contributed by atoms with van der Waals surface area (Å²) in [6, 6.07) is 6.70. The van der Waals surface area contributed by atoms with Gasteiger partial charge in [-0.2, -0.15) is 0 Å². The second kappa shape index (κ2) is 22.7. The van der Waals surface area contributed by atoms with E-state index in [2.05, 4.69) is 6.92 Å². The SMILES string of the molecule is CCCCCCCCCCCCCCCCCCCCOc1ccccc1C(=O)[O-].[Na+]. The van der Waals surface area contributed by atoms with E-state index in [-0.39, 0.29) is 35.1 Å². The molecule has 31 heavy (non-hydrogen) atoms. The van der Waals surface area contributed by atoms with Crippen molar-refractivity contribution in [3.8, 4) is 5.75 Å². The first-order valence-corrected chi connectivity index (χ1v) is 12.7. The summed E-state index contributed by atoms with van der Waals surface area (Å²) in [5.74, 6) is -0.757. The van der Waals surface area contributed by atoms with Gasteiger partial charge in [0.2, 0.25) is 0 Å². The number of para-hydroxylation sites is 1. The van der Waals surface area contributed by atoms with Crippen molar-refractivity contribution in [1.82, 2.24) is 0 Å². The Hall–Kier alpha value is -0.510. The van der Waals surface area contributed by atoms with Gasteiger partial charge in [-0.05, 0) is 18.6 Å². The van der Waals surface area contributed by atoms with Gasteiger partial charge in [0.25, 0.3) is 0 Å². The molecule has 0 aliphatic heterocycles. The number of hydrogen-bond donors (Lipinski definition) is 0. The third-order valence-corrected chi connectivity index (χ3v) is 5.86. The van der Waals surface area contributed by atoms with Crippen LogP contribution in [0.5, 0.6) is 5.75 Å². The molecule has 0 aliphatic carbocycles. The van der Waals surface area contributed by atoms with Crippen LogP contribution in [0.2, 0.25) is 0 Å². The zero-order valence-electron chi connectivity index (χ0n) is 20.5. The Bertz CT molecular complexity index is 533. The molecule has 0 saturated carbocycles. The van der Waals surface area contributed by atoms with Crippen LogP contribution >= 0.6 is 0 Å². The smallest absolute Gasteiger partial charge is 0.545 e. The first-order valence-electron chi connectivity index (χ1n) is 12.7. The third-order valence-electron chi connectivity index (χ3n) is 5.86. The number of carboxylic acid groups (broad SMARTS) is 1. The summed E-state index contributed by atoms with van der Waals surface area (Å²) in [6.45, 7) is 2.85. The van der Waals surface area contributed by atoms with Gasteiger partial charge in [0.15, 0.2) is 0 Å². The van der Waals surface area contributed by atoms with E-state index >= 15 is 0 Å². The number of hydrogen-bond acceptors (Lipinski definition) is 3. The van der Waals surface area contributed by atoms with Crippen molar-refractivity contribution in [2.45, 2.75) is 122 Å². The van der Waals surface area contributed by atoms with Gasteiger partial charge in [-0.15, -0.1) is 0 Å². The number of carbonyl (C=O) groups excluding carboxylic acids is 1. The van der Waals surface area contributed by atoms with Crippen LogP contribution < -0.4 is 39.4 Å².